The summed E-state index contributed by atoms with van der Waals surface area (Å²) in [6.45, 7) is 0.903. The Morgan fingerprint density at radius 1 is 1.45 bits per heavy atom. The number of anilines is 1. The second kappa shape index (κ2) is 6.16. The molecular weight excluding hydrogens is 260 g/mol. The van der Waals surface area contributed by atoms with Crippen LogP contribution in [0.4, 0.5) is 11.4 Å². The van der Waals surface area contributed by atoms with Crippen LogP contribution in [0.2, 0.25) is 0 Å². The highest BCUT2D eigenvalue weighted by atomic mass is 16.6. The number of nitrogens with one attached hydrogen (secondary N) is 1. The van der Waals surface area contributed by atoms with Crippen molar-refractivity contribution in [2.24, 2.45) is 7.05 Å². The number of hydrogen-bond donors (Lipinski definition) is 1. The van der Waals surface area contributed by atoms with Gasteiger partial charge in [0, 0.05) is 43.7 Å². The SMILES string of the molecule is COCc1cc([N+](=O)[O-])ccc1NCc1ccnn1C. The van der Waals surface area contributed by atoms with E-state index in [1.807, 2.05) is 13.1 Å². The smallest absolute Gasteiger partial charge is 0.269 e. The number of hydrogen-bond acceptors (Lipinski definition) is 5. The quantitative estimate of drug-likeness (QED) is 0.645. The van der Waals surface area contributed by atoms with Crippen molar-refractivity contribution in [2.75, 3.05) is 12.4 Å². The van der Waals surface area contributed by atoms with Crippen LogP contribution in [0, 0.1) is 10.1 Å². The maximum atomic E-state index is 10.8. The lowest BCUT2D eigenvalue weighted by Crippen LogP contribution is -2.07. The minimum absolute atomic E-state index is 0.0585. The van der Waals surface area contributed by atoms with Gasteiger partial charge in [0.15, 0.2) is 0 Å². The molecule has 0 saturated heterocycles. The lowest BCUT2D eigenvalue weighted by atomic mass is 10.1. The second-order valence-corrected chi connectivity index (χ2v) is 4.33. The predicted molar refractivity (Wildman–Crippen MR) is 74.3 cm³/mol. The van der Waals surface area contributed by atoms with E-state index in [2.05, 4.69) is 10.4 Å². The molecule has 2 rings (SSSR count). The summed E-state index contributed by atoms with van der Waals surface area (Å²) in [5.74, 6) is 0. The third-order valence-corrected chi connectivity index (χ3v) is 2.98. The molecule has 0 aliphatic carbocycles. The Hall–Kier alpha value is -2.41. The zero-order valence-electron chi connectivity index (χ0n) is 11.4. The van der Waals surface area contributed by atoms with Gasteiger partial charge in [-0.05, 0) is 12.1 Å². The fourth-order valence-electron chi connectivity index (χ4n) is 1.90. The maximum Gasteiger partial charge on any atom is 0.269 e. The van der Waals surface area contributed by atoms with Gasteiger partial charge in [0.2, 0.25) is 0 Å². The second-order valence-electron chi connectivity index (χ2n) is 4.33. The van der Waals surface area contributed by atoms with Gasteiger partial charge in [0.25, 0.3) is 5.69 Å². The Kier molecular flexibility index (Phi) is 4.31. The van der Waals surface area contributed by atoms with Crippen molar-refractivity contribution in [2.45, 2.75) is 13.2 Å². The van der Waals surface area contributed by atoms with Crippen LogP contribution in [-0.2, 0) is 24.9 Å². The first-order valence-electron chi connectivity index (χ1n) is 6.09. The van der Waals surface area contributed by atoms with Crippen molar-refractivity contribution >= 4 is 11.4 Å². The molecule has 1 N–H and O–H groups in total. The minimum atomic E-state index is -0.413. The Balaban J connectivity index is 2.17. The van der Waals surface area contributed by atoms with E-state index in [0.29, 0.717) is 13.2 Å². The molecule has 0 atom stereocenters. The molecule has 0 saturated carbocycles. The first-order chi connectivity index (χ1) is 9.61. The number of rotatable bonds is 6. The summed E-state index contributed by atoms with van der Waals surface area (Å²) < 4.78 is 6.86. The van der Waals surface area contributed by atoms with Gasteiger partial charge in [-0.1, -0.05) is 0 Å². The van der Waals surface area contributed by atoms with E-state index in [-0.39, 0.29) is 5.69 Å². The number of ether oxygens (including phenoxy) is 1. The Morgan fingerprint density at radius 3 is 2.85 bits per heavy atom. The molecule has 0 bridgehead atoms. The number of methoxy groups -OCH3 is 1. The van der Waals surface area contributed by atoms with E-state index in [1.54, 1.807) is 24.1 Å². The van der Waals surface area contributed by atoms with Crippen LogP contribution in [0.3, 0.4) is 0 Å². The van der Waals surface area contributed by atoms with Gasteiger partial charge in [-0.25, -0.2) is 0 Å². The van der Waals surface area contributed by atoms with Crippen LogP contribution >= 0.6 is 0 Å². The maximum absolute atomic E-state index is 10.8. The molecule has 0 amide bonds. The third kappa shape index (κ3) is 3.12. The average molecular weight is 276 g/mol. The van der Waals surface area contributed by atoms with Crippen molar-refractivity contribution in [3.8, 4) is 0 Å². The van der Waals surface area contributed by atoms with Crippen molar-refractivity contribution < 1.29 is 9.66 Å². The van der Waals surface area contributed by atoms with Crippen LogP contribution in [0.5, 0.6) is 0 Å². The largest absolute Gasteiger partial charge is 0.380 e. The van der Waals surface area contributed by atoms with Gasteiger partial charge in [-0.3, -0.25) is 14.8 Å². The lowest BCUT2D eigenvalue weighted by molar-refractivity contribution is -0.384. The minimum Gasteiger partial charge on any atom is -0.380 e. The summed E-state index contributed by atoms with van der Waals surface area (Å²) >= 11 is 0. The monoisotopic (exact) mass is 276 g/mol. The molecule has 0 radical (unpaired) electrons. The zero-order chi connectivity index (χ0) is 14.5. The standard InChI is InChI=1S/C13H16N4O3/c1-16-12(5-6-15-16)8-14-13-4-3-11(17(18)19)7-10(13)9-20-2/h3-7,14H,8-9H2,1-2H3. The van der Waals surface area contributed by atoms with Gasteiger partial charge >= 0.3 is 0 Å². The van der Waals surface area contributed by atoms with Crippen molar-refractivity contribution in [1.82, 2.24) is 9.78 Å². The molecule has 1 aromatic heterocycles. The van der Waals surface area contributed by atoms with E-state index in [1.165, 1.54) is 12.1 Å². The Morgan fingerprint density at radius 2 is 2.25 bits per heavy atom. The Labute approximate surface area is 116 Å². The molecule has 0 aliphatic rings. The highest BCUT2D eigenvalue weighted by Gasteiger charge is 2.11. The van der Waals surface area contributed by atoms with Gasteiger partial charge in [0.05, 0.1) is 23.8 Å². The summed E-state index contributed by atoms with van der Waals surface area (Å²) in [5, 5.41) is 18.1. The van der Waals surface area contributed by atoms with Crippen molar-refractivity contribution in [1.29, 1.82) is 0 Å². The molecule has 0 unspecified atom stereocenters. The number of benzene rings is 1. The van der Waals surface area contributed by atoms with Crippen molar-refractivity contribution in [3.63, 3.8) is 0 Å². The highest BCUT2D eigenvalue weighted by Crippen LogP contribution is 2.23. The van der Waals surface area contributed by atoms with E-state index in [0.717, 1.165) is 16.9 Å². The van der Waals surface area contributed by atoms with Crippen LogP contribution < -0.4 is 5.32 Å². The number of aromatic nitrogens is 2. The fraction of sp³-hybridized carbons (Fsp3) is 0.308. The first-order valence-corrected chi connectivity index (χ1v) is 6.09. The molecule has 7 heteroatoms. The highest BCUT2D eigenvalue weighted by molar-refractivity contribution is 5.56. The average Bonchev–Trinajstić information content (AvgIpc) is 2.83. The number of aryl methyl sites for hydroxylation is 1. The molecule has 20 heavy (non-hydrogen) atoms. The summed E-state index contributed by atoms with van der Waals surface area (Å²) in [4.78, 5) is 10.4. The first kappa shape index (κ1) is 14.0. The lowest BCUT2D eigenvalue weighted by Gasteiger charge is -2.11. The molecule has 0 aliphatic heterocycles. The molecule has 7 nitrogen and oxygen atoms in total. The molecule has 0 spiro atoms. The molecular formula is C13H16N4O3. The van der Waals surface area contributed by atoms with Crippen LogP contribution in [0.15, 0.2) is 30.5 Å². The summed E-state index contributed by atoms with van der Waals surface area (Å²) in [5.41, 5.74) is 2.65. The van der Waals surface area contributed by atoms with Gasteiger partial charge in [-0.2, -0.15) is 5.10 Å². The summed E-state index contributed by atoms with van der Waals surface area (Å²) in [6, 6.07) is 6.61. The van der Waals surface area contributed by atoms with Crippen LogP contribution in [0.1, 0.15) is 11.3 Å². The zero-order valence-corrected chi connectivity index (χ0v) is 11.4. The van der Waals surface area contributed by atoms with Crippen molar-refractivity contribution in [3.05, 3.63) is 51.8 Å². The van der Waals surface area contributed by atoms with Gasteiger partial charge in [0.1, 0.15) is 0 Å². The number of nitro groups is 1. The van der Waals surface area contributed by atoms with E-state index in [9.17, 15) is 10.1 Å². The molecule has 1 heterocycles. The summed E-state index contributed by atoms with van der Waals surface area (Å²) in [7, 11) is 3.42. The Bertz CT molecular complexity index is 609. The normalized spacial score (nSPS) is 10.5. The van der Waals surface area contributed by atoms with E-state index < -0.39 is 4.92 Å². The number of non-ortho nitro benzene ring substituents is 1. The molecule has 2 aromatic rings. The third-order valence-electron chi connectivity index (χ3n) is 2.98. The predicted octanol–water partition coefficient (Wildman–Crippen LogP) is 2.09. The molecule has 0 fully saturated rings. The number of nitro benzene ring substituents is 1. The molecule has 1 aromatic carbocycles. The van der Waals surface area contributed by atoms with Gasteiger partial charge < -0.3 is 10.1 Å². The van der Waals surface area contributed by atoms with Gasteiger partial charge in [-0.15, -0.1) is 0 Å². The molecule has 106 valence electrons. The fourth-order valence-corrected chi connectivity index (χ4v) is 1.90. The van der Waals surface area contributed by atoms with Crippen LogP contribution in [-0.4, -0.2) is 21.8 Å². The summed E-state index contributed by atoms with van der Waals surface area (Å²) in [6.07, 6.45) is 1.73. The van der Waals surface area contributed by atoms with E-state index in [4.69, 9.17) is 4.74 Å². The number of nitrogens with zero attached hydrogens (tertiary/aromatic N) is 3. The topological polar surface area (TPSA) is 82.2 Å². The van der Waals surface area contributed by atoms with E-state index >= 15 is 0 Å². The van der Waals surface area contributed by atoms with Crippen LogP contribution in [0.25, 0.3) is 0 Å².